The van der Waals surface area contributed by atoms with Crippen LogP contribution >= 0.6 is 12.4 Å². The molecule has 0 aliphatic heterocycles. The van der Waals surface area contributed by atoms with Crippen LogP contribution in [0.3, 0.4) is 0 Å². The van der Waals surface area contributed by atoms with Crippen LogP contribution in [0.4, 0.5) is 0 Å². The molecule has 7 heteroatoms. The molecule has 5 aliphatic carbocycles. The second kappa shape index (κ2) is 7.03. The third-order valence-corrected chi connectivity index (χ3v) is 7.55. The van der Waals surface area contributed by atoms with E-state index in [-0.39, 0.29) is 23.7 Å². The van der Waals surface area contributed by atoms with Crippen LogP contribution in [-0.4, -0.2) is 16.0 Å². The molecule has 0 spiro atoms. The van der Waals surface area contributed by atoms with Crippen LogP contribution in [0.5, 0.6) is 0 Å². The van der Waals surface area contributed by atoms with Gasteiger partial charge in [0.15, 0.2) is 5.82 Å². The standard InChI is InChI=1S/C20H30N4O2.ClH/c21-20(3-1-2-4-20)18-23-17(26-24-18)12-22-16(25)11-19-8-13-5-14(9-19)7-15(6-13)10-19;/h13-15H,1-12,21H2,(H,22,25);1H. The van der Waals surface area contributed by atoms with Crippen molar-refractivity contribution < 1.29 is 9.32 Å². The van der Waals surface area contributed by atoms with Gasteiger partial charge in [-0.15, -0.1) is 12.4 Å². The van der Waals surface area contributed by atoms with E-state index in [1.165, 1.54) is 38.5 Å². The number of nitrogens with one attached hydrogen (secondary N) is 1. The van der Waals surface area contributed by atoms with Gasteiger partial charge in [0.05, 0.1) is 12.1 Å². The maximum absolute atomic E-state index is 12.6. The zero-order valence-electron chi connectivity index (χ0n) is 15.9. The predicted octanol–water partition coefficient (Wildman–Crippen LogP) is 3.44. The van der Waals surface area contributed by atoms with Gasteiger partial charge in [0.1, 0.15) is 0 Å². The Morgan fingerprint density at radius 2 is 1.70 bits per heavy atom. The van der Waals surface area contributed by atoms with E-state index >= 15 is 0 Å². The number of aromatic nitrogens is 2. The van der Waals surface area contributed by atoms with E-state index in [0.717, 1.165) is 43.4 Å². The van der Waals surface area contributed by atoms with Crippen molar-refractivity contribution >= 4 is 18.3 Å². The molecule has 6 nitrogen and oxygen atoms in total. The van der Waals surface area contributed by atoms with Crippen molar-refractivity contribution in [2.75, 3.05) is 0 Å². The maximum Gasteiger partial charge on any atom is 0.246 e. The predicted molar refractivity (Wildman–Crippen MR) is 103 cm³/mol. The van der Waals surface area contributed by atoms with E-state index in [0.29, 0.717) is 24.7 Å². The number of hydrogen-bond donors (Lipinski definition) is 2. The van der Waals surface area contributed by atoms with Crippen LogP contribution in [0.2, 0.25) is 0 Å². The molecule has 1 heterocycles. The van der Waals surface area contributed by atoms with Crippen LogP contribution < -0.4 is 11.1 Å². The number of carbonyl (C=O) groups excluding carboxylic acids is 1. The third-order valence-electron chi connectivity index (χ3n) is 7.55. The summed E-state index contributed by atoms with van der Waals surface area (Å²) in [6.45, 7) is 0.314. The van der Waals surface area contributed by atoms with Gasteiger partial charge in [-0.25, -0.2) is 0 Å². The molecule has 0 unspecified atom stereocenters. The number of nitrogens with zero attached hydrogens (tertiary/aromatic N) is 2. The molecular weight excluding hydrogens is 364 g/mol. The summed E-state index contributed by atoms with van der Waals surface area (Å²) in [6.07, 6.45) is 12.7. The molecule has 3 N–H and O–H groups in total. The zero-order valence-corrected chi connectivity index (χ0v) is 16.7. The van der Waals surface area contributed by atoms with Crippen LogP contribution in [0.25, 0.3) is 0 Å². The molecular formula is C20H31ClN4O2. The molecule has 5 saturated carbocycles. The molecule has 4 bridgehead atoms. The fraction of sp³-hybridized carbons (Fsp3) is 0.850. The number of rotatable bonds is 5. The van der Waals surface area contributed by atoms with Crippen molar-refractivity contribution in [1.82, 2.24) is 15.5 Å². The first kappa shape index (κ1) is 19.2. The second-order valence-corrected chi connectivity index (χ2v) is 9.75. The molecule has 150 valence electrons. The normalized spacial score (nSPS) is 35.8. The number of halogens is 1. The summed E-state index contributed by atoms with van der Waals surface area (Å²) >= 11 is 0. The fourth-order valence-corrected chi connectivity index (χ4v) is 6.84. The van der Waals surface area contributed by atoms with Crippen molar-refractivity contribution in [1.29, 1.82) is 0 Å². The van der Waals surface area contributed by atoms with Gasteiger partial charge in [0, 0.05) is 6.42 Å². The molecule has 6 rings (SSSR count). The van der Waals surface area contributed by atoms with Crippen LogP contribution in [0.1, 0.15) is 82.3 Å². The highest BCUT2D eigenvalue weighted by Gasteiger charge is 2.51. The minimum absolute atomic E-state index is 0. The molecule has 5 aliphatic rings. The topological polar surface area (TPSA) is 94.0 Å². The van der Waals surface area contributed by atoms with E-state index in [4.69, 9.17) is 10.3 Å². The van der Waals surface area contributed by atoms with E-state index < -0.39 is 5.54 Å². The molecule has 0 atom stereocenters. The van der Waals surface area contributed by atoms with E-state index in [2.05, 4.69) is 15.5 Å². The highest BCUT2D eigenvalue weighted by atomic mass is 35.5. The van der Waals surface area contributed by atoms with Crippen LogP contribution in [-0.2, 0) is 16.9 Å². The van der Waals surface area contributed by atoms with Crippen molar-refractivity contribution in [2.24, 2.45) is 28.9 Å². The van der Waals surface area contributed by atoms with Crippen molar-refractivity contribution in [3.8, 4) is 0 Å². The lowest BCUT2D eigenvalue weighted by atomic mass is 9.49. The summed E-state index contributed by atoms with van der Waals surface area (Å²) in [6, 6.07) is 0. The summed E-state index contributed by atoms with van der Waals surface area (Å²) in [5.41, 5.74) is 6.20. The number of amides is 1. The van der Waals surface area contributed by atoms with E-state index in [1.807, 2.05) is 0 Å². The molecule has 0 radical (unpaired) electrons. The van der Waals surface area contributed by atoms with Crippen molar-refractivity contribution in [3.05, 3.63) is 11.7 Å². The first-order chi connectivity index (χ1) is 12.5. The minimum atomic E-state index is -0.440. The monoisotopic (exact) mass is 394 g/mol. The third kappa shape index (κ3) is 3.63. The quantitative estimate of drug-likeness (QED) is 0.797. The fourth-order valence-electron chi connectivity index (χ4n) is 6.84. The van der Waals surface area contributed by atoms with Gasteiger partial charge in [-0.3, -0.25) is 4.79 Å². The second-order valence-electron chi connectivity index (χ2n) is 9.75. The zero-order chi connectivity index (χ0) is 17.8. The average molecular weight is 395 g/mol. The molecule has 0 saturated heterocycles. The van der Waals surface area contributed by atoms with Gasteiger partial charge < -0.3 is 15.6 Å². The van der Waals surface area contributed by atoms with Crippen LogP contribution in [0, 0.1) is 23.2 Å². The largest absolute Gasteiger partial charge is 0.347 e. The van der Waals surface area contributed by atoms with E-state index in [9.17, 15) is 4.79 Å². The number of hydrogen-bond acceptors (Lipinski definition) is 5. The lowest BCUT2D eigenvalue weighted by Gasteiger charge is -2.56. The first-order valence-electron chi connectivity index (χ1n) is 10.4. The Kier molecular flexibility index (Phi) is 5.00. The Morgan fingerprint density at radius 1 is 1.11 bits per heavy atom. The Hall–Kier alpha value is -1.14. The van der Waals surface area contributed by atoms with Gasteiger partial charge in [-0.2, -0.15) is 4.98 Å². The number of carbonyl (C=O) groups is 1. The summed E-state index contributed by atoms with van der Waals surface area (Å²) in [4.78, 5) is 17.0. The highest BCUT2D eigenvalue weighted by Crippen LogP contribution is 2.61. The molecule has 1 aromatic rings. The smallest absolute Gasteiger partial charge is 0.246 e. The summed E-state index contributed by atoms with van der Waals surface area (Å²) in [5.74, 6) is 3.82. The Morgan fingerprint density at radius 3 is 2.30 bits per heavy atom. The van der Waals surface area contributed by atoms with Gasteiger partial charge in [-0.05, 0) is 74.5 Å². The van der Waals surface area contributed by atoms with Crippen LogP contribution in [0.15, 0.2) is 4.52 Å². The average Bonchev–Trinajstić information content (AvgIpc) is 3.21. The van der Waals surface area contributed by atoms with Gasteiger partial charge in [0.2, 0.25) is 11.8 Å². The highest BCUT2D eigenvalue weighted by molar-refractivity contribution is 5.85. The van der Waals surface area contributed by atoms with E-state index in [1.54, 1.807) is 0 Å². The maximum atomic E-state index is 12.6. The van der Waals surface area contributed by atoms with Crippen molar-refractivity contribution in [2.45, 2.75) is 82.7 Å². The Labute approximate surface area is 166 Å². The summed E-state index contributed by atoms with van der Waals surface area (Å²) in [7, 11) is 0. The Bertz CT molecular complexity index is 663. The molecule has 27 heavy (non-hydrogen) atoms. The molecule has 5 fully saturated rings. The van der Waals surface area contributed by atoms with Crippen molar-refractivity contribution in [3.63, 3.8) is 0 Å². The number of nitrogens with two attached hydrogens (primary N) is 1. The van der Waals surface area contributed by atoms with Gasteiger partial charge in [0.25, 0.3) is 0 Å². The SMILES string of the molecule is Cl.NC1(c2noc(CNC(=O)CC34CC5CC(CC(C5)C3)C4)n2)CCCC1. The molecule has 0 aromatic carbocycles. The Balaban J connectivity index is 0.00000180. The molecule has 1 aromatic heterocycles. The van der Waals surface area contributed by atoms with Gasteiger partial charge in [-0.1, -0.05) is 18.0 Å². The summed E-state index contributed by atoms with van der Waals surface area (Å²) in [5, 5.41) is 7.08. The summed E-state index contributed by atoms with van der Waals surface area (Å²) < 4.78 is 5.33. The lowest BCUT2D eigenvalue weighted by Crippen LogP contribution is -2.47. The van der Waals surface area contributed by atoms with Gasteiger partial charge >= 0.3 is 0 Å². The minimum Gasteiger partial charge on any atom is -0.347 e. The molecule has 1 amide bonds. The lowest BCUT2D eigenvalue weighted by molar-refractivity contribution is -0.129. The first-order valence-corrected chi connectivity index (χ1v) is 10.4.